The summed E-state index contributed by atoms with van der Waals surface area (Å²) in [4.78, 5) is 15.9. The first-order chi connectivity index (χ1) is 17.6. The van der Waals surface area contributed by atoms with Crippen LogP contribution in [0.15, 0.2) is 64.9 Å². The summed E-state index contributed by atoms with van der Waals surface area (Å²) in [5, 5.41) is 32.4. The Hall–Kier alpha value is -3.96. The largest absolute Gasteiger partial charge is 0.389 e. The number of hydrogen-bond donors (Lipinski definition) is 1. The van der Waals surface area contributed by atoms with E-state index in [1.165, 1.54) is 6.33 Å². The van der Waals surface area contributed by atoms with Crippen molar-refractivity contribution in [2.24, 2.45) is 0 Å². The summed E-state index contributed by atoms with van der Waals surface area (Å²) < 4.78 is 6.38. The predicted octanol–water partition coefficient (Wildman–Crippen LogP) is 3.07. The summed E-state index contributed by atoms with van der Waals surface area (Å²) in [6.45, 7) is 1.07. The van der Waals surface area contributed by atoms with Crippen molar-refractivity contribution in [2.75, 3.05) is 13.1 Å². The molecule has 1 aliphatic rings. The van der Waals surface area contributed by atoms with Gasteiger partial charge in [-0.15, -0.1) is 16.4 Å². The molecule has 1 aliphatic heterocycles. The van der Waals surface area contributed by atoms with Crippen LogP contribution < -0.4 is 0 Å². The summed E-state index contributed by atoms with van der Waals surface area (Å²) in [5.41, 5.74) is 4.46. The lowest BCUT2D eigenvalue weighted by Crippen LogP contribution is -2.48. The number of hydrogen-bond acceptors (Lipinski definition) is 9. The van der Waals surface area contributed by atoms with Crippen molar-refractivity contribution < 1.29 is 14.5 Å². The van der Waals surface area contributed by atoms with Crippen LogP contribution in [0.1, 0.15) is 23.3 Å². The molecule has 182 valence electrons. The first-order valence-electron chi connectivity index (χ1n) is 11.7. The third-order valence-corrected chi connectivity index (χ3v) is 7.67. The van der Waals surface area contributed by atoms with Gasteiger partial charge in [-0.1, -0.05) is 18.2 Å². The summed E-state index contributed by atoms with van der Waals surface area (Å²) in [6, 6.07) is 15.5. The first kappa shape index (κ1) is 22.5. The van der Waals surface area contributed by atoms with Gasteiger partial charge in [-0.05, 0) is 86.0 Å². The van der Waals surface area contributed by atoms with Crippen molar-refractivity contribution in [3.8, 4) is 16.8 Å². The minimum absolute atomic E-state index is 0.0681. The molecular weight excluding hydrogens is 478 g/mol. The van der Waals surface area contributed by atoms with Gasteiger partial charge in [0.15, 0.2) is 0 Å². The van der Waals surface area contributed by atoms with E-state index in [0.29, 0.717) is 44.3 Å². The minimum Gasteiger partial charge on any atom is -0.389 e. The second kappa shape index (κ2) is 9.25. The number of benzene rings is 2. The average Bonchev–Trinajstić information content (AvgIpc) is 3.66. The Kier molecular flexibility index (Phi) is 5.78. The van der Waals surface area contributed by atoms with Gasteiger partial charge in [0, 0.05) is 24.4 Å². The molecule has 36 heavy (non-hydrogen) atoms. The fourth-order valence-electron chi connectivity index (χ4n) is 4.66. The van der Waals surface area contributed by atoms with Crippen molar-refractivity contribution in [3.63, 3.8) is 0 Å². The molecule has 4 heterocycles. The van der Waals surface area contributed by atoms with Crippen LogP contribution in [0.4, 0.5) is 0 Å². The molecule has 3 aromatic heterocycles. The molecule has 1 saturated heterocycles. The highest BCUT2D eigenvalue weighted by molar-refractivity contribution is 7.10. The van der Waals surface area contributed by atoms with Crippen LogP contribution in [0.3, 0.4) is 0 Å². The van der Waals surface area contributed by atoms with Gasteiger partial charge in [0.1, 0.15) is 17.4 Å². The molecule has 2 aromatic carbocycles. The number of carbonyl (C=O) groups is 1. The van der Waals surface area contributed by atoms with E-state index in [9.17, 15) is 9.90 Å². The molecule has 10 nitrogen and oxygen atoms in total. The summed E-state index contributed by atoms with van der Waals surface area (Å²) >= 11 is 1.64. The molecule has 0 radical (unpaired) electrons. The highest BCUT2D eigenvalue weighted by Crippen LogP contribution is 2.35. The van der Waals surface area contributed by atoms with E-state index < -0.39 is 5.60 Å². The lowest BCUT2D eigenvalue weighted by Gasteiger charge is -2.38. The van der Waals surface area contributed by atoms with Crippen LogP contribution >= 0.6 is 11.3 Å². The molecule has 6 rings (SSSR count). The van der Waals surface area contributed by atoms with E-state index in [-0.39, 0.29) is 5.91 Å². The average molecular weight is 502 g/mol. The maximum atomic E-state index is 12.9. The third-order valence-electron chi connectivity index (χ3n) is 6.75. The number of carbonyl (C=O) groups excluding carboxylic acids is 1. The Morgan fingerprint density at radius 1 is 1.06 bits per heavy atom. The van der Waals surface area contributed by atoms with Gasteiger partial charge in [0.2, 0.25) is 5.91 Å². The zero-order valence-electron chi connectivity index (χ0n) is 19.3. The van der Waals surface area contributed by atoms with E-state index in [4.69, 9.17) is 4.63 Å². The van der Waals surface area contributed by atoms with Gasteiger partial charge >= 0.3 is 0 Å². The molecule has 1 N–H and O–H groups in total. The smallest absolute Gasteiger partial charge is 0.226 e. The number of amides is 1. The molecule has 0 bridgehead atoms. The van der Waals surface area contributed by atoms with Crippen molar-refractivity contribution >= 4 is 28.3 Å². The topological polar surface area (TPSA) is 123 Å². The number of aliphatic hydroxyl groups is 1. The Labute approximate surface area is 210 Å². The molecule has 1 amide bonds. The standard InChI is InChI=1S/C25H23N7O3S/c33-24(13-17-1-4-19(5-2-17)32-16-26-29-30-32)31-10-8-25(34,9-11-31)15-23-20(7-12-36-23)18-3-6-21-22(14-18)28-35-27-21/h1-7,12,14,16,34H,8-11,13,15H2. The lowest BCUT2D eigenvalue weighted by molar-refractivity contribution is -0.134. The van der Waals surface area contributed by atoms with Crippen LogP contribution in [0.25, 0.3) is 27.8 Å². The highest BCUT2D eigenvalue weighted by Gasteiger charge is 2.35. The lowest BCUT2D eigenvalue weighted by atomic mass is 9.86. The first-order valence-corrected chi connectivity index (χ1v) is 12.6. The maximum Gasteiger partial charge on any atom is 0.226 e. The second-order valence-electron chi connectivity index (χ2n) is 9.10. The van der Waals surface area contributed by atoms with E-state index >= 15 is 0 Å². The van der Waals surface area contributed by atoms with Crippen molar-refractivity contribution in [1.29, 1.82) is 0 Å². The van der Waals surface area contributed by atoms with Gasteiger partial charge in [0.05, 0.1) is 17.7 Å². The zero-order chi connectivity index (χ0) is 24.5. The number of thiophene rings is 1. The Balaban J connectivity index is 1.08. The molecule has 0 saturated carbocycles. The van der Waals surface area contributed by atoms with Gasteiger partial charge < -0.3 is 10.0 Å². The maximum absolute atomic E-state index is 12.9. The zero-order valence-corrected chi connectivity index (χ0v) is 20.1. The monoisotopic (exact) mass is 501 g/mol. The number of tetrazole rings is 1. The molecule has 0 unspecified atom stereocenters. The molecular formula is C25H23N7O3S. The van der Waals surface area contributed by atoms with Gasteiger partial charge in [-0.3, -0.25) is 4.79 Å². The third kappa shape index (κ3) is 4.50. The SMILES string of the molecule is O=C(Cc1ccc(-n2cnnn2)cc1)N1CCC(O)(Cc2sccc2-c2ccc3nonc3c2)CC1. The number of rotatable bonds is 6. The van der Waals surface area contributed by atoms with E-state index in [1.54, 1.807) is 16.0 Å². The molecule has 0 atom stereocenters. The van der Waals surface area contributed by atoms with E-state index in [2.05, 4.69) is 31.9 Å². The fourth-order valence-corrected chi connectivity index (χ4v) is 5.70. The number of aromatic nitrogens is 6. The fraction of sp³-hybridized carbons (Fsp3) is 0.280. The van der Waals surface area contributed by atoms with Gasteiger partial charge in [0.25, 0.3) is 0 Å². The van der Waals surface area contributed by atoms with Crippen molar-refractivity contribution in [2.45, 2.75) is 31.3 Å². The predicted molar refractivity (Wildman–Crippen MR) is 132 cm³/mol. The number of nitrogens with zero attached hydrogens (tertiary/aromatic N) is 7. The van der Waals surface area contributed by atoms with Crippen molar-refractivity contribution in [1.82, 2.24) is 35.4 Å². The number of piperidine rings is 1. The van der Waals surface area contributed by atoms with Crippen LogP contribution in [0.5, 0.6) is 0 Å². The Morgan fingerprint density at radius 3 is 2.64 bits per heavy atom. The van der Waals surface area contributed by atoms with Crippen LogP contribution in [0.2, 0.25) is 0 Å². The minimum atomic E-state index is -0.844. The second-order valence-corrected chi connectivity index (χ2v) is 10.1. The number of fused-ring (bicyclic) bond motifs is 1. The van der Waals surface area contributed by atoms with Crippen LogP contribution in [0, 0.1) is 0 Å². The van der Waals surface area contributed by atoms with Gasteiger partial charge in [-0.2, -0.15) is 0 Å². The molecule has 0 spiro atoms. The van der Waals surface area contributed by atoms with E-state index in [0.717, 1.165) is 32.8 Å². The van der Waals surface area contributed by atoms with Crippen LogP contribution in [-0.4, -0.2) is 65.1 Å². The normalized spacial score (nSPS) is 15.4. The van der Waals surface area contributed by atoms with E-state index in [1.807, 2.05) is 52.7 Å². The Morgan fingerprint density at radius 2 is 1.86 bits per heavy atom. The summed E-state index contributed by atoms with van der Waals surface area (Å²) in [7, 11) is 0. The molecule has 1 fully saturated rings. The highest BCUT2D eigenvalue weighted by atomic mass is 32.1. The van der Waals surface area contributed by atoms with Crippen LogP contribution in [-0.2, 0) is 17.6 Å². The van der Waals surface area contributed by atoms with Crippen molar-refractivity contribution in [3.05, 3.63) is 70.7 Å². The summed E-state index contributed by atoms with van der Waals surface area (Å²) in [6.07, 6.45) is 3.49. The quantitative estimate of drug-likeness (QED) is 0.377. The summed E-state index contributed by atoms with van der Waals surface area (Å²) in [5.74, 6) is 0.0681. The Bertz CT molecular complexity index is 1490. The number of likely N-dealkylation sites (tertiary alicyclic amines) is 1. The molecule has 5 aromatic rings. The molecule has 11 heteroatoms. The van der Waals surface area contributed by atoms with Gasteiger partial charge in [-0.25, -0.2) is 9.31 Å². The molecule has 0 aliphatic carbocycles.